The van der Waals surface area contributed by atoms with Crippen molar-refractivity contribution in [3.63, 3.8) is 0 Å². The van der Waals surface area contributed by atoms with Gasteiger partial charge in [0.05, 0.1) is 29.9 Å². The summed E-state index contributed by atoms with van der Waals surface area (Å²) in [4.78, 5) is 66.1. The van der Waals surface area contributed by atoms with Gasteiger partial charge in [0.15, 0.2) is 0 Å². The maximum absolute atomic E-state index is 14.0. The number of carbonyl (C=O) groups excluding carboxylic acids is 4. The van der Waals surface area contributed by atoms with Crippen LogP contribution in [0.1, 0.15) is 52.9 Å². The molecule has 1 heterocycles. The summed E-state index contributed by atoms with van der Waals surface area (Å²) >= 11 is 0. The number of likely N-dealkylation sites (N-methyl/N-ethyl adjacent to an activating group) is 1. The molecule has 4 aliphatic rings. The number of carboxylic acids is 1. The van der Waals surface area contributed by atoms with Crippen molar-refractivity contribution in [2.45, 2.75) is 65.1 Å². The lowest BCUT2D eigenvalue weighted by atomic mass is 9.51. The number of hydrogen-bond donors (Lipinski definition) is 2. The third-order valence-corrected chi connectivity index (χ3v) is 9.11. The molecule has 11 heteroatoms. The van der Waals surface area contributed by atoms with E-state index in [-0.39, 0.29) is 50.2 Å². The summed E-state index contributed by atoms with van der Waals surface area (Å²) in [6.45, 7) is 4.87. The molecule has 0 aromatic carbocycles. The first-order valence-corrected chi connectivity index (χ1v) is 13.3. The van der Waals surface area contributed by atoms with Crippen LogP contribution in [0.5, 0.6) is 0 Å². The zero-order valence-corrected chi connectivity index (χ0v) is 23.1. The molecule has 6 atom stereocenters. The van der Waals surface area contributed by atoms with Crippen LogP contribution in [-0.4, -0.2) is 90.7 Å². The highest BCUT2D eigenvalue weighted by atomic mass is 16.5. The van der Waals surface area contributed by atoms with Crippen LogP contribution < -0.4 is 0 Å². The lowest BCUT2D eigenvalue weighted by Gasteiger charge is -2.53. The van der Waals surface area contributed by atoms with Gasteiger partial charge in [-0.15, -0.1) is 0 Å². The molecule has 0 amide bonds. The van der Waals surface area contributed by atoms with Crippen LogP contribution in [0.3, 0.4) is 0 Å². The summed E-state index contributed by atoms with van der Waals surface area (Å²) < 4.78 is 16.8. The number of aliphatic hydroxyl groups is 1. The van der Waals surface area contributed by atoms with E-state index in [1.807, 2.05) is 6.92 Å². The van der Waals surface area contributed by atoms with Gasteiger partial charge in [-0.2, -0.15) is 0 Å². The predicted molar refractivity (Wildman–Crippen MR) is 135 cm³/mol. The summed E-state index contributed by atoms with van der Waals surface area (Å²) in [6.07, 6.45) is -0.187. The molecule has 11 nitrogen and oxygen atoms in total. The van der Waals surface area contributed by atoms with Gasteiger partial charge in [0.2, 0.25) is 11.6 Å². The van der Waals surface area contributed by atoms with Crippen molar-refractivity contribution in [2.24, 2.45) is 22.7 Å². The second-order valence-corrected chi connectivity index (χ2v) is 11.6. The summed E-state index contributed by atoms with van der Waals surface area (Å²) in [7, 11) is 3.09. The minimum absolute atomic E-state index is 0.00491. The molecule has 2 fully saturated rings. The molecule has 214 valence electrons. The quantitative estimate of drug-likeness (QED) is 0.257. The highest BCUT2D eigenvalue weighted by Crippen LogP contribution is 2.62. The number of aliphatic carboxylic acids is 1. The Bertz CT molecular complexity index is 1170. The Balaban J connectivity index is 1.90. The Kier molecular flexibility index (Phi) is 7.79. The molecule has 1 saturated heterocycles. The average Bonchev–Trinajstić information content (AvgIpc) is 3.14. The Hall–Kier alpha value is -3.05. The van der Waals surface area contributed by atoms with Gasteiger partial charge in [-0.1, -0.05) is 13.8 Å². The highest BCUT2D eigenvalue weighted by Gasteiger charge is 2.65. The molecule has 4 rings (SSSR count). The van der Waals surface area contributed by atoms with Gasteiger partial charge in [-0.25, -0.2) is 4.79 Å². The van der Waals surface area contributed by atoms with Crippen molar-refractivity contribution >= 4 is 29.5 Å². The van der Waals surface area contributed by atoms with Crippen LogP contribution in [0.2, 0.25) is 0 Å². The fourth-order valence-corrected chi connectivity index (χ4v) is 7.24. The first-order chi connectivity index (χ1) is 18.3. The molecule has 0 spiro atoms. The summed E-state index contributed by atoms with van der Waals surface area (Å²) in [5.74, 6) is -5.35. The number of hydrogen-bond acceptors (Lipinski definition) is 10. The number of carboxylic acid groups (broad SMARTS) is 1. The van der Waals surface area contributed by atoms with Crippen molar-refractivity contribution in [1.82, 2.24) is 4.90 Å². The normalized spacial score (nSPS) is 35.1. The largest absolute Gasteiger partial charge is 0.481 e. The van der Waals surface area contributed by atoms with E-state index in [9.17, 15) is 29.1 Å². The van der Waals surface area contributed by atoms with E-state index in [2.05, 4.69) is 0 Å². The number of cyclic esters (lactones) is 1. The molecule has 1 saturated carbocycles. The van der Waals surface area contributed by atoms with Crippen LogP contribution in [0.4, 0.5) is 0 Å². The molecule has 6 unspecified atom stereocenters. The first-order valence-electron chi connectivity index (χ1n) is 13.3. The van der Waals surface area contributed by atoms with E-state index in [0.717, 1.165) is 0 Å². The standard InChI is InChI=1S/C28H37NO10/c1-14(30)39-17-11-27(2)15(8-9-18(27)31)20-22(17)28(3)13-38-26(36)21(23(28)25(35)24(20)34)16(12-37-5)29(4)10-6-7-19(32)33/h15,17-18,23,31H,6-13H2,1-5H3,(H,32,33). The molecule has 0 aromatic heterocycles. The second-order valence-electron chi connectivity index (χ2n) is 11.6. The summed E-state index contributed by atoms with van der Waals surface area (Å²) in [5, 5.41) is 19.9. The monoisotopic (exact) mass is 547 g/mol. The number of ether oxygens (including phenoxy) is 3. The van der Waals surface area contributed by atoms with Gasteiger partial charge in [0, 0.05) is 50.4 Å². The number of carbonyl (C=O) groups is 5. The molecule has 39 heavy (non-hydrogen) atoms. The van der Waals surface area contributed by atoms with Crippen molar-refractivity contribution < 1.29 is 48.4 Å². The number of rotatable bonds is 8. The average molecular weight is 548 g/mol. The number of aliphatic hydroxyl groups excluding tert-OH is 1. The zero-order valence-electron chi connectivity index (χ0n) is 23.1. The maximum atomic E-state index is 14.0. The van der Waals surface area contributed by atoms with Gasteiger partial charge in [-0.05, 0) is 37.2 Å². The molecule has 0 aromatic rings. The van der Waals surface area contributed by atoms with E-state index in [1.54, 1.807) is 18.9 Å². The van der Waals surface area contributed by atoms with E-state index in [0.29, 0.717) is 24.1 Å². The van der Waals surface area contributed by atoms with Crippen LogP contribution in [0.25, 0.3) is 0 Å². The number of allylic oxidation sites excluding steroid dienone is 1. The fourth-order valence-electron chi connectivity index (χ4n) is 7.24. The van der Waals surface area contributed by atoms with Crippen LogP contribution >= 0.6 is 0 Å². The minimum atomic E-state index is -1.20. The Labute approximate surface area is 227 Å². The van der Waals surface area contributed by atoms with Crippen molar-refractivity contribution in [3.05, 3.63) is 22.4 Å². The Morgan fingerprint density at radius 3 is 2.49 bits per heavy atom. The number of esters is 2. The highest BCUT2D eigenvalue weighted by molar-refractivity contribution is 6.47. The van der Waals surface area contributed by atoms with Gasteiger partial charge >= 0.3 is 17.9 Å². The third kappa shape index (κ3) is 4.69. The number of fused-ring (bicyclic) bond motifs is 4. The smallest absolute Gasteiger partial charge is 0.336 e. The maximum Gasteiger partial charge on any atom is 0.336 e. The lowest BCUT2D eigenvalue weighted by molar-refractivity contribution is -0.161. The van der Waals surface area contributed by atoms with Gasteiger partial charge in [0.1, 0.15) is 12.7 Å². The van der Waals surface area contributed by atoms with Crippen LogP contribution in [-0.2, 0) is 38.2 Å². The van der Waals surface area contributed by atoms with Gasteiger partial charge < -0.3 is 29.3 Å². The zero-order chi connectivity index (χ0) is 28.9. The molecular formula is C28H37NO10. The molecule has 0 radical (unpaired) electrons. The van der Waals surface area contributed by atoms with Crippen molar-refractivity contribution in [3.8, 4) is 0 Å². The molecule has 1 aliphatic heterocycles. The summed E-state index contributed by atoms with van der Waals surface area (Å²) in [6, 6.07) is 0. The van der Waals surface area contributed by atoms with E-state index in [4.69, 9.17) is 19.3 Å². The number of nitrogens with zero attached hydrogens (tertiary/aromatic N) is 1. The molecule has 3 aliphatic carbocycles. The second kappa shape index (κ2) is 10.5. The summed E-state index contributed by atoms with van der Waals surface area (Å²) in [5.41, 5.74) is -0.854. The van der Waals surface area contributed by atoms with Crippen molar-refractivity contribution in [2.75, 3.05) is 33.9 Å². The van der Waals surface area contributed by atoms with E-state index < -0.39 is 64.3 Å². The Morgan fingerprint density at radius 1 is 1.18 bits per heavy atom. The lowest BCUT2D eigenvalue weighted by Crippen LogP contribution is -2.59. The van der Waals surface area contributed by atoms with Crippen molar-refractivity contribution in [1.29, 1.82) is 0 Å². The van der Waals surface area contributed by atoms with Gasteiger partial charge in [-0.3, -0.25) is 19.2 Å². The van der Waals surface area contributed by atoms with E-state index in [1.165, 1.54) is 14.0 Å². The topological polar surface area (TPSA) is 157 Å². The fraction of sp³-hybridized carbons (Fsp3) is 0.679. The van der Waals surface area contributed by atoms with Gasteiger partial charge in [0.25, 0.3) is 0 Å². The molecule has 0 bridgehead atoms. The van der Waals surface area contributed by atoms with Crippen LogP contribution in [0, 0.1) is 22.7 Å². The van der Waals surface area contributed by atoms with Crippen LogP contribution in [0.15, 0.2) is 22.4 Å². The Morgan fingerprint density at radius 2 is 1.87 bits per heavy atom. The third-order valence-electron chi connectivity index (χ3n) is 9.11. The van der Waals surface area contributed by atoms with E-state index >= 15 is 0 Å². The number of ketones is 2. The first kappa shape index (κ1) is 28.9. The minimum Gasteiger partial charge on any atom is -0.481 e. The SMILES string of the molecule is COCC(=C1C(=O)OCC2(C)C3=C(C(=O)C(=O)C12)C1CCC(O)C1(C)CC3OC(C)=O)N(C)CCCC(=O)O. The number of methoxy groups -OCH3 is 1. The number of Topliss-reactive ketones (excluding diaryl/α,β-unsaturated/α-hetero) is 2. The molecule has 2 N–H and O–H groups in total. The predicted octanol–water partition coefficient (Wildman–Crippen LogP) is 1.42. The molecular weight excluding hydrogens is 510 g/mol.